The van der Waals surface area contributed by atoms with Crippen LogP contribution >= 0.6 is 0 Å². The van der Waals surface area contributed by atoms with E-state index in [2.05, 4.69) is 41.0 Å². The molecule has 42 heavy (non-hydrogen) atoms. The molecular weight excluding hydrogens is 526 g/mol. The number of benzene rings is 4. The summed E-state index contributed by atoms with van der Waals surface area (Å²) in [5, 5.41) is 0. The number of carbonyl (C=O) groups is 2. The van der Waals surface area contributed by atoms with E-state index in [1.165, 1.54) is 10.5 Å². The summed E-state index contributed by atoms with van der Waals surface area (Å²) in [6.45, 7) is 5.51. The van der Waals surface area contributed by atoms with Crippen molar-refractivity contribution in [3.8, 4) is 11.5 Å². The van der Waals surface area contributed by atoms with Gasteiger partial charge in [0.15, 0.2) is 11.5 Å². The van der Waals surface area contributed by atoms with E-state index in [4.69, 9.17) is 9.47 Å². The SMILES string of the molecule is COc1ccc(C(c2ccccc2)N2C(=O)c3cccc(N4CCN([C@H](C)c5ccccc5)CC4)c3C2=O)cc1OC. The van der Waals surface area contributed by atoms with Gasteiger partial charge in [0.05, 0.1) is 37.1 Å². The van der Waals surface area contributed by atoms with Gasteiger partial charge in [-0.1, -0.05) is 72.8 Å². The van der Waals surface area contributed by atoms with Gasteiger partial charge >= 0.3 is 0 Å². The van der Waals surface area contributed by atoms with Crippen molar-refractivity contribution in [3.63, 3.8) is 0 Å². The third kappa shape index (κ3) is 4.90. The first-order valence-corrected chi connectivity index (χ1v) is 14.3. The van der Waals surface area contributed by atoms with E-state index < -0.39 is 6.04 Å². The smallest absolute Gasteiger partial charge is 0.264 e. The van der Waals surface area contributed by atoms with Crippen LogP contribution in [-0.4, -0.2) is 62.0 Å². The topological polar surface area (TPSA) is 62.3 Å². The third-order valence-electron chi connectivity index (χ3n) is 8.51. The van der Waals surface area contributed by atoms with Crippen molar-refractivity contribution < 1.29 is 19.1 Å². The fourth-order valence-electron chi connectivity index (χ4n) is 6.22. The van der Waals surface area contributed by atoms with Crippen molar-refractivity contribution in [1.29, 1.82) is 0 Å². The van der Waals surface area contributed by atoms with Gasteiger partial charge in [-0.05, 0) is 47.9 Å². The van der Waals surface area contributed by atoms with Crippen molar-refractivity contribution in [2.45, 2.75) is 19.0 Å². The van der Waals surface area contributed by atoms with Crippen molar-refractivity contribution in [2.24, 2.45) is 0 Å². The lowest BCUT2D eigenvalue weighted by Gasteiger charge is -2.39. The van der Waals surface area contributed by atoms with Crippen LogP contribution in [0.5, 0.6) is 11.5 Å². The molecule has 2 amide bonds. The standard InChI is InChI=1S/C35H35N3O4/c1-24(25-11-6-4-7-12-25)36-19-21-37(22-20-36)29-16-10-15-28-32(29)35(40)38(34(28)39)33(26-13-8-5-9-14-26)27-17-18-30(41-2)31(23-27)42-3/h4-18,23-24,33H,19-22H2,1-3H3/t24-,33?/m1/s1. The van der Waals surface area contributed by atoms with Gasteiger partial charge in [-0.2, -0.15) is 0 Å². The summed E-state index contributed by atoms with van der Waals surface area (Å²) in [7, 11) is 3.16. The first-order chi connectivity index (χ1) is 20.5. The number of carbonyl (C=O) groups excluding carboxylic acids is 2. The molecule has 1 fully saturated rings. The molecular formula is C35H35N3O4. The number of anilines is 1. The van der Waals surface area contributed by atoms with Crippen molar-refractivity contribution in [2.75, 3.05) is 45.3 Å². The molecule has 7 heteroatoms. The molecule has 0 aliphatic carbocycles. The van der Waals surface area contributed by atoms with Crippen molar-refractivity contribution in [1.82, 2.24) is 9.80 Å². The predicted molar refractivity (Wildman–Crippen MR) is 163 cm³/mol. The van der Waals surface area contributed by atoms with Crippen LogP contribution in [-0.2, 0) is 0 Å². The number of fused-ring (bicyclic) bond motifs is 1. The number of nitrogens with zero attached hydrogens (tertiary/aromatic N) is 3. The molecule has 4 aromatic rings. The Bertz CT molecular complexity index is 1580. The zero-order chi connectivity index (χ0) is 29.2. The van der Waals surface area contributed by atoms with Crippen LogP contribution in [0.15, 0.2) is 97.1 Å². The summed E-state index contributed by atoms with van der Waals surface area (Å²) in [6, 6.07) is 31.0. The number of amides is 2. The van der Waals surface area contributed by atoms with Gasteiger partial charge < -0.3 is 14.4 Å². The van der Waals surface area contributed by atoms with Crippen LogP contribution in [0.1, 0.15) is 56.4 Å². The molecule has 2 atom stereocenters. The van der Waals surface area contributed by atoms with Crippen LogP contribution in [0.3, 0.4) is 0 Å². The molecule has 0 bridgehead atoms. The van der Waals surface area contributed by atoms with Gasteiger partial charge in [0.2, 0.25) is 0 Å². The van der Waals surface area contributed by atoms with Crippen LogP contribution < -0.4 is 14.4 Å². The highest BCUT2D eigenvalue weighted by molar-refractivity contribution is 6.24. The average molecular weight is 562 g/mol. The van der Waals surface area contributed by atoms with E-state index in [0.29, 0.717) is 28.7 Å². The van der Waals surface area contributed by atoms with E-state index >= 15 is 0 Å². The fourth-order valence-corrected chi connectivity index (χ4v) is 6.22. The largest absolute Gasteiger partial charge is 0.493 e. The monoisotopic (exact) mass is 561 g/mol. The van der Waals surface area contributed by atoms with E-state index in [1.807, 2.05) is 66.7 Å². The second kappa shape index (κ2) is 11.7. The molecule has 0 N–H and O–H groups in total. The molecule has 6 rings (SSSR count). The highest BCUT2D eigenvalue weighted by atomic mass is 16.5. The van der Waals surface area contributed by atoms with Crippen LogP contribution in [0.2, 0.25) is 0 Å². The van der Waals surface area contributed by atoms with Crippen LogP contribution in [0, 0.1) is 0 Å². The molecule has 1 unspecified atom stereocenters. The Labute approximate surface area is 246 Å². The Morgan fingerprint density at radius 1 is 0.643 bits per heavy atom. The maximum Gasteiger partial charge on any atom is 0.264 e. The minimum atomic E-state index is -0.630. The molecule has 2 aliphatic heterocycles. The zero-order valence-electron chi connectivity index (χ0n) is 24.2. The highest BCUT2D eigenvalue weighted by Gasteiger charge is 2.43. The number of hydrogen-bond acceptors (Lipinski definition) is 6. The van der Waals surface area contributed by atoms with Gasteiger partial charge in [-0.25, -0.2) is 0 Å². The Hall–Kier alpha value is -4.62. The summed E-state index contributed by atoms with van der Waals surface area (Å²) in [6.07, 6.45) is 0. The van der Waals surface area contributed by atoms with Gasteiger partial charge in [0.1, 0.15) is 0 Å². The molecule has 4 aromatic carbocycles. The summed E-state index contributed by atoms with van der Waals surface area (Å²) in [5.41, 5.74) is 4.64. The van der Waals surface area contributed by atoms with Crippen molar-refractivity contribution >= 4 is 17.5 Å². The van der Waals surface area contributed by atoms with Crippen molar-refractivity contribution in [3.05, 3.63) is 125 Å². The lowest BCUT2D eigenvalue weighted by atomic mass is 9.96. The van der Waals surface area contributed by atoms with E-state index in [0.717, 1.165) is 43.0 Å². The summed E-state index contributed by atoms with van der Waals surface area (Å²) in [5.74, 6) is 0.542. The summed E-state index contributed by atoms with van der Waals surface area (Å²) >= 11 is 0. The summed E-state index contributed by atoms with van der Waals surface area (Å²) in [4.78, 5) is 34.5. The Morgan fingerprint density at radius 2 is 1.29 bits per heavy atom. The van der Waals surface area contributed by atoms with E-state index in [1.54, 1.807) is 20.3 Å². The molecule has 0 radical (unpaired) electrons. The van der Waals surface area contributed by atoms with Gasteiger partial charge in [0.25, 0.3) is 11.8 Å². The lowest BCUT2D eigenvalue weighted by molar-refractivity contribution is 0.0608. The molecule has 0 saturated carbocycles. The normalized spacial score (nSPS) is 16.7. The maximum atomic E-state index is 14.3. The molecule has 0 aromatic heterocycles. The lowest BCUT2D eigenvalue weighted by Crippen LogP contribution is -2.47. The molecule has 1 saturated heterocycles. The minimum absolute atomic E-state index is 0.283. The number of methoxy groups -OCH3 is 2. The molecule has 2 aliphatic rings. The fraction of sp³-hybridized carbons (Fsp3) is 0.257. The Morgan fingerprint density at radius 3 is 1.93 bits per heavy atom. The van der Waals surface area contributed by atoms with Crippen LogP contribution in [0.25, 0.3) is 0 Å². The Kier molecular flexibility index (Phi) is 7.68. The van der Waals surface area contributed by atoms with E-state index in [9.17, 15) is 9.59 Å². The van der Waals surface area contributed by atoms with Gasteiger partial charge in [-0.15, -0.1) is 0 Å². The first kappa shape index (κ1) is 27.5. The molecule has 0 spiro atoms. The maximum absolute atomic E-state index is 14.3. The number of hydrogen-bond donors (Lipinski definition) is 0. The van der Waals surface area contributed by atoms with Gasteiger partial charge in [0, 0.05) is 32.2 Å². The predicted octanol–water partition coefficient (Wildman–Crippen LogP) is 5.97. The van der Waals surface area contributed by atoms with Crippen LogP contribution in [0.4, 0.5) is 5.69 Å². The number of piperazine rings is 1. The molecule has 214 valence electrons. The van der Waals surface area contributed by atoms with Gasteiger partial charge in [-0.3, -0.25) is 19.4 Å². The second-order valence-corrected chi connectivity index (χ2v) is 10.7. The first-order valence-electron chi connectivity index (χ1n) is 14.3. The highest BCUT2D eigenvalue weighted by Crippen LogP contribution is 2.41. The number of rotatable bonds is 8. The quantitative estimate of drug-likeness (QED) is 0.247. The molecule has 7 nitrogen and oxygen atoms in total. The Balaban J connectivity index is 1.32. The average Bonchev–Trinajstić information content (AvgIpc) is 3.31. The molecule has 2 heterocycles. The number of imide groups is 1. The van der Waals surface area contributed by atoms with E-state index in [-0.39, 0.29) is 11.8 Å². The number of ether oxygens (including phenoxy) is 2. The second-order valence-electron chi connectivity index (χ2n) is 10.7. The zero-order valence-corrected chi connectivity index (χ0v) is 24.2. The summed E-state index contributed by atoms with van der Waals surface area (Å²) < 4.78 is 11.0. The minimum Gasteiger partial charge on any atom is -0.493 e. The third-order valence-corrected chi connectivity index (χ3v) is 8.51.